The number of hydrogen-bond donors (Lipinski definition) is 1. The number of rotatable bonds is 8. The number of benzene rings is 3. The molecule has 0 aromatic heterocycles. The number of para-hydroxylation sites is 1. The Bertz CT molecular complexity index is 983. The van der Waals surface area contributed by atoms with E-state index in [2.05, 4.69) is 5.32 Å². The van der Waals surface area contributed by atoms with Crippen molar-refractivity contribution < 1.29 is 19.1 Å². The van der Waals surface area contributed by atoms with E-state index in [0.717, 1.165) is 0 Å². The number of Topliss-reactive ketones (excluding diaryl/α,β-unsaturated/α-hetero) is 1. The highest BCUT2D eigenvalue weighted by molar-refractivity contribution is 6.12. The Balaban J connectivity index is 1.77. The van der Waals surface area contributed by atoms with E-state index in [4.69, 9.17) is 9.47 Å². The standard InChI is InChI=1S/C23H21NO4/c1-27-21-13-12-17(14-22(21)28-2)20(25)15-24-19-11-7-6-10-18(19)23(26)16-8-4-3-5-9-16/h3-14,24H,15H2,1-2H3. The molecule has 5 heteroatoms. The minimum atomic E-state index is -0.122. The molecule has 142 valence electrons. The summed E-state index contributed by atoms with van der Waals surface area (Å²) in [6.45, 7) is 0.0502. The first-order valence-electron chi connectivity index (χ1n) is 8.82. The number of carbonyl (C=O) groups is 2. The fourth-order valence-corrected chi connectivity index (χ4v) is 2.87. The van der Waals surface area contributed by atoms with Crippen LogP contribution < -0.4 is 14.8 Å². The van der Waals surface area contributed by atoms with E-state index in [1.165, 1.54) is 7.11 Å². The summed E-state index contributed by atoms with van der Waals surface area (Å²) in [5, 5.41) is 3.09. The number of carbonyl (C=O) groups excluding carboxylic acids is 2. The van der Waals surface area contributed by atoms with Gasteiger partial charge in [-0.25, -0.2) is 0 Å². The number of methoxy groups -OCH3 is 2. The third-order valence-corrected chi connectivity index (χ3v) is 4.35. The molecule has 3 aromatic carbocycles. The van der Waals surface area contributed by atoms with Crippen LogP contribution >= 0.6 is 0 Å². The molecule has 0 heterocycles. The van der Waals surface area contributed by atoms with E-state index in [-0.39, 0.29) is 18.1 Å². The predicted molar refractivity (Wildman–Crippen MR) is 109 cm³/mol. The van der Waals surface area contributed by atoms with E-state index >= 15 is 0 Å². The molecule has 3 aromatic rings. The number of ketones is 2. The number of ether oxygens (including phenoxy) is 2. The highest BCUT2D eigenvalue weighted by atomic mass is 16.5. The molecule has 3 rings (SSSR count). The quantitative estimate of drug-likeness (QED) is 0.597. The Morgan fingerprint density at radius 1 is 0.786 bits per heavy atom. The average molecular weight is 375 g/mol. The van der Waals surface area contributed by atoms with Gasteiger partial charge in [-0.15, -0.1) is 0 Å². The maximum atomic E-state index is 12.8. The predicted octanol–water partition coefficient (Wildman–Crippen LogP) is 4.23. The fourth-order valence-electron chi connectivity index (χ4n) is 2.87. The molecule has 0 aliphatic carbocycles. The SMILES string of the molecule is COc1ccc(C(=O)CNc2ccccc2C(=O)c2ccccc2)cc1OC. The molecule has 0 radical (unpaired) electrons. The molecule has 28 heavy (non-hydrogen) atoms. The first-order valence-corrected chi connectivity index (χ1v) is 8.82. The molecular weight excluding hydrogens is 354 g/mol. The van der Waals surface area contributed by atoms with Crippen molar-refractivity contribution in [1.29, 1.82) is 0 Å². The van der Waals surface area contributed by atoms with Crippen molar-refractivity contribution in [3.8, 4) is 11.5 Å². The average Bonchev–Trinajstić information content (AvgIpc) is 2.77. The molecule has 0 spiro atoms. The molecule has 0 atom stereocenters. The van der Waals surface area contributed by atoms with Crippen molar-refractivity contribution in [2.45, 2.75) is 0 Å². The van der Waals surface area contributed by atoms with Crippen LogP contribution in [0.1, 0.15) is 26.3 Å². The maximum absolute atomic E-state index is 12.8. The second-order valence-corrected chi connectivity index (χ2v) is 6.09. The Morgan fingerprint density at radius 2 is 1.46 bits per heavy atom. The lowest BCUT2D eigenvalue weighted by molar-refractivity contribution is 0.100. The summed E-state index contributed by atoms with van der Waals surface area (Å²) in [7, 11) is 3.07. The van der Waals surface area contributed by atoms with Crippen molar-refractivity contribution in [3.63, 3.8) is 0 Å². The summed E-state index contributed by atoms with van der Waals surface area (Å²) in [4.78, 5) is 25.4. The van der Waals surface area contributed by atoms with Crippen molar-refractivity contribution >= 4 is 17.3 Å². The van der Waals surface area contributed by atoms with Crippen LogP contribution in [0.2, 0.25) is 0 Å². The van der Waals surface area contributed by atoms with E-state index in [9.17, 15) is 9.59 Å². The van der Waals surface area contributed by atoms with Gasteiger partial charge in [-0.3, -0.25) is 9.59 Å². The molecule has 0 aliphatic rings. The summed E-state index contributed by atoms with van der Waals surface area (Å²) >= 11 is 0. The molecule has 0 unspecified atom stereocenters. The van der Waals surface area contributed by atoms with E-state index in [1.807, 2.05) is 24.3 Å². The molecule has 0 aliphatic heterocycles. The third-order valence-electron chi connectivity index (χ3n) is 4.35. The second kappa shape index (κ2) is 8.86. The smallest absolute Gasteiger partial charge is 0.195 e. The molecule has 0 amide bonds. The molecular formula is C23H21NO4. The Labute approximate surface area is 163 Å². The summed E-state index contributed by atoms with van der Waals surface area (Å²) in [5.74, 6) is 0.837. The minimum absolute atomic E-state index is 0.0502. The number of nitrogens with one attached hydrogen (secondary N) is 1. The van der Waals surface area contributed by atoms with Gasteiger partial charge in [-0.1, -0.05) is 42.5 Å². The van der Waals surface area contributed by atoms with Gasteiger partial charge < -0.3 is 14.8 Å². The van der Waals surface area contributed by atoms with E-state index in [1.54, 1.807) is 55.6 Å². The molecule has 0 saturated heterocycles. The van der Waals surface area contributed by atoms with Gasteiger partial charge in [0.15, 0.2) is 23.1 Å². The van der Waals surface area contributed by atoms with Crippen molar-refractivity contribution in [3.05, 3.63) is 89.5 Å². The lowest BCUT2D eigenvalue weighted by atomic mass is 10.0. The van der Waals surface area contributed by atoms with E-state index in [0.29, 0.717) is 33.9 Å². The fraction of sp³-hybridized carbons (Fsp3) is 0.130. The van der Waals surface area contributed by atoms with Crippen LogP contribution in [0, 0.1) is 0 Å². The highest BCUT2D eigenvalue weighted by Crippen LogP contribution is 2.28. The minimum Gasteiger partial charge on any atom is -0.493 e. The Kier molecular flexibility index (Phi) is 6.07. The zero-order valence-corrected chi connectivity index (χ0v) is 15.8. The summed E-state index contributed by atoms with van der Waals surface area (Å²) < 4.78 is 10.4. The van der Waals surface area contributed by atoms with Crippen molar-refractivity contribution in [1.82, 2.24) is 0 Å². The van der Waals surface area contributed by atoms with Crippen LogP contribution in [0.5, 0.6) is 11.5 Å². The van der Waals surface area contributed by atoms with Gasteiger partial charge in [-0.05, 0) is 30.3 Å². The monoisotopic (exact) mass is 375 g/mol. The van der Waals surface area contributed by atoms with Gasteiger partial charge in [0.05, 0.1) is 20.8 Å². The van der Waals surface area contributed by atoms with Crippen LogP contribution in [0.4, 0.5) is 5.69 Å². The molecule has 0 saturated carbocycles. The second-order valence-electron chi connectivity index (χ2n) is 6.09. The zero-order valence-electron chi connectivity index (χ0n) is 15.8. The van der Waals surface area contributed by atoms with E-state index < -0.39 is 0 Å². The number of hydrogen-bond acceptors (Lipinski definition) is 5. The van der Waals surface area contributed by atoms with Crippen LogP contribution in [0.15, 0.2) is 72.8 Å². The van der Waals surface area contributed by atoms with Crippen LogP contribution in [0.3, 0.4) is 0 Å². The van der Waals surface area contributed by atoms with Gasteiger partial charge >= 0.3 is 0 Å². The van der Waals surface area contributed by atoms with Gasteiger partial charge in [-0.2, -0.15) is 0 Å². The zero-order chi connectivity index (χ0) is 19.9. The topological polar surface area (TPSA) is 64.6 Å². The number of anilines is 1. The summed E-state index contributed by atoms with van der Waals surface area (Å²) in [6, 6.07) is 21.2. The normalized spacial score (nSPS) is 10.2. The molecule has 0 bridgehead atoms. The molecule has 5 nitrogen and oxygen atoms in total. The van der Waals surface area contributed by atoms with Gasteiger partial charge in [0.1, 0.15) is 0 Å². The van der Waals surface area contributed by atoms with Gasteiger partial charge in [0.25, 0.3) is 0 Å². The van der Waals surface area contributed by atoms with Crippen LogP contribution in [0.25, 0.3) is 0 Å². The highest BCUT2D eigenvalue weighted by Gasteiger charge is 2.15. The third kappa shape index (κ3) is 4.20. The largest absolute Gasteiger partial charge is 0.493 e. The van der Waals surface area contributed by atoms with Gasteiger partial charge in [0.2, 0.25) is 0 Å². The first kappa shape index (κ1) is 19.2. The van der Waals surface area contributed by atoms with Crippen LogP contribution in [-0.4, -0.2) is 32.3 Å². The lowest BCUT2D eigenvalue weighted by Gasteiger charge is -2.12. The lowest BCUT2D eigenvalue weighted by Crippen LogP contribution is -2.16. The Hall–Kier alpha value is -3.60. The van der Waals surface area contributed by atoms with Crippen molar-refractivity contribution in [2.24, 2.45) is 0 Å². The molecule has 1 N–H and O–H groups in total. The summed E-state index contributed by atoms with van der Waals surface area (Å²) in [6.07, 6.45) is 0. The summed E-state index contributed by atoms with van der Waals surface area (Å²) in [5.41, 5.74) is 2.24. The van der Waals surface area contributed by atoms with Crippen LogP contribution in [-0.2, 0) is 0 Å². The van der Waals surface area contributed by atoms with Gasteiger partial charge in [0, 0.05) is 22.4 Å². The van der Waals surface area contributed by atoms with Crippen molar-refractivity contribution in [2.75, 3.05) is 26.1 Å². The first-order chi connectivity index (χ1) is 13.6. The maximum Gasteiger partial charge on any atom is 0.195 e. The Morgan fingerprint density at radius 3 is 2.18 bits per heavy atom. The molecule has 0 fully saturated rings.